The van der Waals surface area contributed by atoms with Gasteiger partial charge in [-0.3, -0.25) is 14.4 Å². The number of ether oxygens (including phenoxy) is 2. The number of cyclic esters (lactones) is 4. The summed E-state index contributed by atoms with van der Waals surface area (Å²) >= 11 is 0. The van der Waals surface area contributed by atoms with E-state index < -0.39 is 60.5 Å². The summed E-state index contributed by atoms with van der Waals surface area (Å²) < 4.78 is 8.75. The summed E-state index contributed by atoms with van der Waals surface area (Å²) in [5.74, 6) is -6.27. The van der Waals surface area contributed by atoms with E-state index >= 15 is 0 Å². The van der Waals surface area contributed by atoms with Crippen LogP contribution < -0.4 is 11.5 Å². The highest BCUT2D eigenvalue weighted by atomic mass is 16.6. The Bertz CT molecular complexity index is 473. The van der Waals surface area contributed by atoms with Crippen molar-refractivity contribution in [2.24, 2.45) is 17.4 Å². The van der Waals surface area contributed by atoms with Gasteiger partial charge in [-0.05, 0) is 6.92 Å². The molecule has 3 atom stereocenters. The van der Waals surface area contributed by atoms with Gasteiger partial charge >= 0.3 is 23.9 Å². The van der Waals surface area contributed by atoms with Crippen LogP contribution in [0.15, 0.2) is 0 Å². The van der Waals surface area contributed by atoms with Crippen molar-refractivity contribution in [1.82, 2.24) is 0 Å². The Morgan fingerprint density at radius 2 is 1.55 bits per heavy atom. The zero-order valence-corrected chi connectivity index (χ0v) is 10.7. The molecule has 0 aromatic carbocycles. The quantitative estimate of drug-likeness (QED) is 0.402. The first-order valence-corrected chi connectivity index (χ1v) is 5.73. The standard InChI is InChI=1S/C11H14N2O7/c1-4(14)5-2-7(15)19-8(16)3-6(12)10(17)20-11(18)9(5)13/h5-6,9H,2-3,12-13H2,1H3/t5?,6?,9-/m1/s1. The van der Waals surface area contributed by atoms with Crippen LogP contribution in [-0.2, 0) is 33.4 Å². The summed E-state index contributed by atoms with van der Waals surface area (Å²) in [6.45, 7) is 1.11. The van der Waals surface area contributed by atoms with Crippen LogP contribution in [0.2, 0.25) is 0 Å². The highest BCUT2D eigenvalue weighted by Gasteiger charge is 2.36. The normalized spacial score (nSPS) is 29.2. The van der Waals surface area contributed by atoms with Crippen LogP contribution in [0.1, 0.15) is 19.8 Å². The first-order chi connectivity index (χ1) is 9.22. The number of ketones is 1. The number of hydrogen-bond acceptors (Lipinski definition) is 9. The second kappa shape index (κ2) is 6.35. The molecular formula is C11H14N2O7. The van der Waals surface area contributed by atoms with Crippen LogP contribution in [-0.4, -0.2) is 41.7 Å². The fourth-order valence-electron chi connectivity index (χ4n) is 1.58. The van der Waals surface area contributed by atoms with Gasteiger partial charge in [0.1, 0.15) is 17.9 Å². The van der Waals surface area contributed by atoms with Crippen LogP contribution in [0.25, 0.3) is 0 Å². The van der Waals surface area contributed by atoms with E-state index in [4.69, 9.17) is 11.5 Å². The van der Waals surface area contributed by atoms with E-state index in [1.54, 1.807) is 0 Å². The molecule has 2 unspecified atom stereocenters. The SMILES string of the molecule is CC(=O)C1CC(=O)OC(=O)CC(N)C(=O)OC(=O)[C@@H]1N. The van der Waals surface area contributed by atoms with Crippen molar-refractivity contribution in [2.75, 3.05) is 0 Å². The molecule has 9 nitrogen and oxygen atoms in total. The number of nitrogens with two attached hydrogens (primary N) is 2. The Labute approximate surface area is 113 Å². The van der Waals surface area contributed by atoms with Crippen molar-refractivity contribution in [3.05, 3.63) is 0 Å². The minimum absolute atomic E-state index is 0.569. The smallest absolute Gasteiger partial charge is 0.331 e. The molecule has 0 aromatic heterocycles. The minimum Gasteiger partial charge on any atom is -0.393 e. The molecule has 9 heteroatoms. The monoisotopic (exact) mass is 286 g/mol. The molecule has 0 radical (unpaired) electrons. The minimum atomic E-state index is -1.52. The van der Waals surface area contributed by atoms with Crippen molar-refractivity contribution in [2.45, 2.75) is 31.8 Å². The third kappa shape index (κ3) is 3.93. The summed E-state index contributed by atoms with van der Waals surface area (Å²) in [7, 11) is 0. The first kappa shape index (κ1) is 15.9. The highest BCUT2D eigenvalue weighted by Crippen LogP contribution is 2.14. The molecular weight excluding hydrogens is 272 g/mol. The second-order valence-corrected chi connectivity index (χ2v) is 4.34. The number of hydrogen-bond donors (Lipinski definition) is 2. The van der Waals surface area contributed by atoms with Gasteiger partial charge in [-0.25, -0.2) is 9.59 Å². The lowest BCUT2D eigenvalue weighted by Gasteiger charge is -2.18. The largest absolute Gasteiger partial charge is 0.393 e. The first-order valence-electron chi connectivity index (χ1n) is 5.73. The van der Waals surface area contributed by atoms with Gasteiger partial charge in [0.05, 0.1) is 18.8 Å². The third-order valence-corrected chi connectivity index (χ3v) is 2.73. The van der Waals surface area contributed by atoms with E-state index in [0.29, 0.717) is 0 Å². The summed E-state index contributed by atoms with van der Waals surface area (Å²) in [5.41, 5.74) is 10.8. The summed E-state index contributed by atoms with van der Waals surface area (Å²) in [4.78, 5) is 57.1. The van der Waals surface area contributed by atoms with Crippen LogP contribution in [0.4, 0.5) is 0 Å². The van der Waals surface area contributed by atoms with Crippen LogP contribution in [0.5, 0.6) is 0 Å². The van der Waals surface area contributed by atoms with Gasteiger partial charge in [0.15, 0.2) is 0 Å². The molecule has 4 N–H and O–H groups in total. The van der Waals surface area contributed by atoms with Crippen molar-refractivity contribution >= 4 is 29.7 Å². The summed E-state index contributed by atoms with van der Waals surface area (Å²) in [6.07, 6.45) is -1.20. The van der Waals surface area contributed by atoms with E-state index in [2.05, 4.69) is 9.47 Å². The van der Waals surface area contributed by atoms with Gasteiger partial charge in [0, 0.05) is 0 Å². The predicted molar refractivity (Wildman–Crippen MR) is 61.6 cm³/mol. The van der Waals surface area contributed by atoms with E-state index in [-0.39, 0.29) is 0 Å². The molecule has 1 fully saturated rings. The van der Waals surface area contributed by atoms with Crippen molar-refractivity contribution < 1.29 is 33.4 Å². The second-order valence-electron chi connectivity index (χ2n) is 4.34. The number of carbonyl (C=O) groups excluding carboxylic acids is 5. The van der Waals surface area contributed by atoms with E-state index in [1.165, 1.54) is 0 Å². The van der Waals surface area contributed by atoms with Gasteiger partial charge in [-0.1, -0.05) is 0 Å². The Balaban J connectivity index is 3.04. The maximum absolute atomic E-state index is 11.6. The summed E-state index contributed by atoms with van der Waals surface area (Å²) in [5, 5.41) is 0. The average molecular weight is 286 g/mol. The van der Waals surface area contributed by atoms with Gasteiger partial charge in [0.2, 0.25) is 0 Å². The molecule has 20 heavy (non-hydrogen) atoms. The van der Waals surface area contributed by atoms with Crippen LogP contribution in [0.3, 0.4) is 0 Å². The van der Waals surface area contributed by atoms with Crippen LogP contribution in [0, 0.1) is 5.92 Å². The lowest BCUT2D eigenvalue weighted by Crippen LogP contribution is -2.45. The molecule has 0 aliphatic carbocycles. The van der Waals surface area contributed by atoms with Gasteiger partial charge in [-0.2, -0.15) is 0 Å². The number of carbonyl (C=O) groups is 5. The zero-order chi connectivity index (χ0) is 15.4. The molecule has 1 rings (SSSR count). The fourth-order valence-corrected chi connectivity index (χ4v) is 1.58. The molecule has 1 aliphatic rings. The molecule has 110 valence electrons. The Kier molecular flexibility index (Phi) is 5.06. The lowest BCUT2D eigenvalue weighted by molar-refractivity contribution is -0.165. The third-order valence-electron chi connectivity index (χ3n) is 2.73. The topological polar surface area (TPSA) is 156 Å². The number of esters is 4. The molecule has 0 aromatic rings. The Hall–Kier alpha value is -2.13. The van der Waals surface area contributed by atoms with E-state index in [9.17, 15) is 24.0 Å². The molecule has 0 amide bonds. The highest BCUT2D eigenvalue weighted by molar-refractivity contribution is 5.98. The Morgan fingerprint density at radius 3 is 2.10 bits per heavy atom. The number of rotatable bonds is 1. The molecule has 0 saturated carbocycles. The van der Waals surface area contributed by atoms with E-state index in [1.807, 2.05) is 0 Å². The van der Waals surface area contributed by atoms with Crippen LogP contribution >= 0.6 is 0 Å². The zero-order valence-electron chi connectivity index (χ0n) is 10.7. The maximum atomic E-state index is 11.6. The number of Topliss-reactive ketones (excluding diaryl/α,β-unsaturated/α-hetero) is 1. The van der Waals surface area contributed by atoms with Crippen molar-refractivity contribution in [1.29, 1.82) is 0 Å². The molecule has 0 spiro atoms. The molecule has 0 bridgehead atoms. The lowest BCUT2D eigenvalue weighted by atomic mass is 9.93. The van der Waals surface area contributed by atoms with Gasteiger partial charge in [-0.15, -0.1) is 0 Å². The van der Waals surface area contributed by atoms with Crippen molar-refractivity contribution in [3.8, 4) is 0 Å². The van der Waals surface area contributed by atoms with Gasteiger partial charge in [0.25, 0.3) is 0 Å². The maximum Gasteiger partial charge on any atom is 0.331 e. The van der Waals surface area contributed by atoms with E-state index in [0.717, 1.165) is 6.92 Å². The predicted octanol–water partition coefficient (Wildman–Crippen LogP) is -2.22. The molecule has 1 aliphatic heterocycles. The average Bonchev–Trinajstić information content (AvgIpc) is 2.34. The van der Waals surface area contributed by atoms with Gasteiger partial charge < -0.3 is 20.9 Å². The van der Waals surface area contributed by atoms with Crippen molar-refractivity contribution in [3.63, 3.8) is 0 Å². The molecule has 1 heterocycles. The Morgan fingerprint density at radius 1 is 1.00 bits per heavy atom. The molecule has 1 saturated heterocycles. The fraction of sp³-hybridized carbons (Fsp3) is 0.545. The summed E-state index contributed by atoms with van der Waals surface area (Å²) in [6, 6.07) is -2.98.